The summed E-state index contributed by atoms with van der Waals surface area (Å²) in [6.45, 7) is 4.31. The zero-order valence-corrected chi connectivity index (χ0v) is 13.9. The molecule has 0 aromatic heterocycles. The number of ether oxygens (including phenoxy) is 1. The molecule has 0 aliphatic heterocycles. The molecule has 1 N–H and O–H groups in total. The van der Waals surface area contributed by atoms with Crippen LogP contribution in [0.15, 0.2) is 53.4 Å². The standard InChI is InChI=1S/C17H20FNO3S/c1-13(2)14-6-8-17(9-7-14)23(20,21)19-10-11-22-16-5-3-4-15(18)12-16/h3-9,12-13,19H,10-11H2,1-2H3. The van der Waals surface area contributed by atoms with Gasteiger partial charge in [0.1, 0.15) is 18.2 Å². The van der Waals surface area contributed by atoms with Gasteiger partial charge in [-0.3, -0.25) is 0 Å². The minimum Gasteiger partial charge on any atom is -0.492 e. The first-order valence-corrected chi connectivity index (χ1v) is 8.85. The Labute approximate surface area is 136 Å². The molecular weight excluding hydrogens is 317 g/mol. The lowest BCUT2D eigenvalue weighted by atomic mass is 10.0. The summed E-state index contributed by atoms with van der Waals surface area (Å²) >= 11 is 0. The van der Waals surface area contributed by atoms with E-state index in [0.29, 0.717) is 11.7 Å². The fourth-order valence-electron chi connectivity index (χ4n) is 2.02. The first kappa shape index (κ1) is 17.4. The molecule has 0 saturated heterocycles. The Bertz CT molecular complexity index is 743. The molecule has 0 radical (unpaired) electrons. The Balaban J connectivity index is 1.88. The zero-order chi connectivity index (χ0) is 16.9. The molecule has 0 spiro atoms. The van der Waals surface area contributed by atoms with Crippen LogP contribution in [0.2, 0.25) is 0 Å². The maximum atomic E-state index is 13.0. The summed E-state index contributed by atoms with van der Waals surface area (Å²) in [7, 11) is -3.57. The molecule has 4 nitrogen and oxygen atoms in total. The smallest absolute Gasteiger partial charge is 0.240 e. The second-order valence-electron chi connectivity index (χ2n) is 5.43. The number of rotatable bonds is 7. The van der Waals surface area contributed by atoms with E-state index >= 15 is 0 Å². The third kappa shape index (κ3) is 5.04. The molecule has 2 rings (SSSR count). The van der Waals surface area contributed by atoms with E-state index in [2.05, 4.69) is 4.72 Å². The van der Waals surface area contributed by atoms with Gasteiger partial charge in [-0.25, -0.2) is 17.5 Å². The van der Waals surface area contributed by atoms with Crippen molar-refractivity contribution in [2.45, 2.75) is 24.7 Å². The lowest BCUT2D eigenvalue weighted by Gasteiger charge is -2.10. The highest BCUT2D eigenvalue weighted by Crippen LogP contribution is 2.17. The Hall–Kier alpha value is -1.92. The van der Waals surface area contributed by atoms with Crippen molar-refractivity contribution in [2.75, 3.05) is 13.2 Å². The molecule has 23 heavy (non-hydrogen) atoms. The molecule has 0 heterocycles. The summed E-state index contributed by atoms with van der Waals surface area (Å²) in [5, 5.41) is 0. The van der Waals surface area contributed by atoms with Crippen molar-refractivity contribution < 1.29 is 17.5 Å². The molecule has 2 aromatic carbocycles. The van der Waals surface area contributed by atoms with Crippen LogP contribution in [0.4, 0.5) is 4.39 Å². The van der Waals surface area contributed by atoms with E-state index in [9.17, 15) is 12.8 Å². The highest BCUT2D eigenvalue weighted by molar-refractivity contribution is 7.89. The zero-order valence-electron chi connectivity index (χ0n) is 13.1. The van der Waals surface area contributed by atoms with Crippen LogP contribution in [0.1, 0.15) is 25.3 Å². The van der Waals surface area contributed by atoms with Crippen LogP contribution in [0.5, 0.6) is 5.75 Å². The summed E-state index contributed by atoms with van der Waals surface area (Å²) in [5.74, 6) is 0.318. The molecule has 0 bridgehead atoms. The molecule has 0 aliphatic carbocycles. The van der Waals surface area contributed by atoms with Gasteiger partial charge < -0.3 is 4.74 Å². The quantitative estimate of drug-likeness (QED) is 0.789. The predicted octanol–water partition coefficient (Wildman–Crippen LogP) is 3.31. The van der Waals surface area contributed by atoms with Crippen molar-refractivity contribution in [3.05, 3.63) is 59.9 Å². The molecule has 2 aromatic rings. The number of hydrogen-bond donors (Lipinski definition) is 1. The summed E-state index contributed by atoms with van der Waals surface area (Å²) in [5.41, 5.74) is 1.08. The van der Waals surface area contributed by atoms with Gasteiger partial charge in [-0.2, -0.15) is 0 Å². The first-order chi connectivity index (χ1) is 10.9. The Morgan fingerprint density at radius 3 is 2.43 bits per heavy atom. The van der Waals surface area contributed by atoms with Crippen molar-refractivity contribution in [1.82, 2.24) is 4.72 Å². The van der Waals surface area contributed by atoms with Crippen LogP contribution in [-0.2, 0) is 10.0 Å². The number of hydrogen-bond acceptors (Lipinski definition) is 3. The maximum Gasteiger partial charge on any atom is 0.240 e. The molecule has 124 valence electrons. The van der Waals surface area contributed by atoms with Crippen molar-refractivity contribution in [2.24, 2.45) is 0 Å². The largest absolute Gasteiger partial charge is 0.492 e. The van der Waals surface area contributed by atoms with Crippen LogP contribution in [0.3, 0.4) is 0 Å². The SMILES string of the molecule is CC(C)c1ccc(S(=O)(=O)NCCOc2cccc(F)c2)cc1. The van der Waals surface area contributed by atoms with E-state index < -0.39 is 15.8 Å². The van der Waals surface area contributed by atoms with E-state index in [4.69, 9.17) is 4.74 Å². The molecule has 0 saturated carbocycles. The first-order valence-electron chi connectivity index (χ1n) is 7.36. The minimum absolute atomic E-state index is 0.102. The van der Waals surface area contributed by atoms with E-state index in [1.54, 1.807) is 18.2 Å². The molecule has 0 aliphatic rings. The molecule has 0 fully saturated rings. The summed E-state index contributed by atoms with van der Waals surface area (Å²) in [6, 6.07) is 12.5. The lowest BCUT2D eigenvalue weighted by Crippen LogP contribution is -2.28. The number of sulfonamides is 1. The summed E-state index contributed by atoms with van der Waals surface area (Å²) in [6.07, 6.45) is 0. The van der Waals surface area contributed by atoms with Crippen molar-refractivity contribution in [3.8, 4) is 5.75 Å². The summed E-state index contributed by atoms with van der Waals surface area (Å²) < 4.78 is 45.1. The third-order valence-corrected chi connectivity index (χ3v) is 4.79. The van der Waals surface area contributed by atoms with Gasteiger partial charge in [-0.15, -0.1) is 0 Å². The number of benzene rings is 2. The Kier molecular flexibility index (Phi) is 5.74. The van der Waals surface area contributed by atoms with E-state index in [-0.39, 0.29) is 18.0 Å². The van der Waals surface area contributed by atoms with Crippen molar-refractivity contribution in [3.63, 3.8) is 0 Å². The Morgan fingerprint density at radius 1 is 1.13 bits per heavy atom. The van der Waals surface area contributed by atoms with Crippen molar-refractivity contribution >= 4 is 10.0 Å². The van der Waals surface area contributed by atoms with Gasteiger partial charge in [0, 0.05) is 12.6 Å². The molecular formula is C17H20FNO3S. The fraction of sp³-hybridized carbons (Fsp3) is 0.294. The summed E-state index contributed by atoms with van der Waals surface area (Å²) in [4.78, 5) is 0.215. The monoisotopic (exact) mass is 337 g/mol. The highest BCUT2D eigenvalue weighted by Gasteiger charge is 2.13. The van der Waals surface area contributed by atoms with Crippen molar-refractivity contribution in [1.29, 1.82) is 0 Å². The van der Waals surface area contributed by atoms with Gasteiger partial charge in [0.25, 0.3) is 0 Å². The van der Waals surface area contributed by atoms with Gasteiger partial charge in [0.05, 0.1) is 4.90 Å². The third-order valence-electron chi connectivity index (χ3n) is 3.32. The fourth-order valence-corrected chi connectivity index (χ4v) is 3.03. The molecule has 6 heteroatoms. The van der Waals surface area contributed by atoms with Gasteiger partial charge in [0.15, 0.2) is 0 Å². The van der Waals surface area contributed by atoms with Crippen LogP contribution in [0, 0.1) is 5.82 Å². The second-order valence-corrected chi connectivity index (χ2v) is 7.19. The maximum absolute atomic E-state index is 13.0. The minimum atomic E-state index is -3.57. The molecule has 0 unspecified atom stereocenters. The van der Waals surface area contributed by atoms with Crippen LogP contribution in [-0.4, -0.2) is 21.6 Å². The number of nitrogens with one attached hydrogen (secondary N) is 1. The normalized spacial score (nSPS) is 11.7. The van der Waals surface area contributed by atoms with Crippen LogP contribution < -0.4 is 9.46 Å². The van der Waals surface area contributed by atoms with Gasteiger partial charge in [0.2, 0.25) is 10.0 Å². The van der Waals surface area contributed by atoms with E-state index in [0.717, 1.165) is 5.56 Å². The lowest BCUT2D eigenvalue weighted by molar-refractivity contribution is 0.321. The second kappa shape index (κ2) is 7.57. The highest BCUT2D eigenvalue weighted by atomic mass is 32.2. The predicted molar refractivity (Wildman–Crippen MR) is 87.6 cm³/mol. The Morgan fingerprint density at radius 2 is 1.83 bits per heavy atom. The molecule has 0 amide bonds. The van der Waals surface area contributed by atoms with Gasteiger partial charge in [-0.05, 0) is 35.7 Å². The average molecular weight is 337 g/mol. The van der Waals surface area contributed by atoms with Gasteiger partial charge >= 0.3 is 0 Å². The average Bonchev–Trinajstić information content (AvgIpc) is 2.52. The number of halogens is 1. The molecule has 0 atom stereocenters. The van der Waals surface area contributed by atoms with Crippen LogP contribution >= 0.6 is 0 Å². The topological polar surface area (TPSA) is 55.4 Å². The van der Waals surface area contributed by atoms with Crippen LogP contribution in [0.25, 0.3) is 0 Å². The van der Waals surface area contributed by atoms with E-state index in [1.807, 2.05) is 26.0 Å². The van der Waals surface area contributed by atoms with E-state index in [1.165, 1.54) is 18.2 Å². The van der Waals surface area contributed by atoms with Gasteiger partial charge in [-0.1, -0.05) is 32.0 Å².